The molecular formula is C21H22N6S. The Morgan fingerprint density at radius 3 is 3.00 bits per heavy atom. The number of piperidine rings is 1. The maximum atomic E-state index is 8.86. The number of likely N-dealkylation sites (tertiary alicyclic amines) is 1. The maximum absolute atomic E-state index is 8.86. The predicted octanol–water partition coefficient (Wildman–Crippen LogP) is 4.58. The molecule has 0 aromatic carbocycles. The van der Waals surface area contributed by atoms with E-state index < -0.39 is 0 Å². The Hall–Kier alpha value is -2.82. The number of anilines is 2. The minimum absolute atomic E-state index is 0.340. The molecule has 3 aromatic heterocycles. The molecule has 0 aliphatic carbocycles. The minimum Gasteiger partial charge on any atom is -0.330 e. The van der Waals surface area contributed by atoms with Crippen molar-refractivity contribution < 1.29 is 0 Å². The van der Waals surface area contributed by atoms with E-state index in [1.807, 2.05) is 24.5 Å². The molecule has 6 nitrogen and oxygen atoms in total. The van der Waals surface area contributed by atoms with Crippen molar-refractivity contribution in [2.75, 3.05) is 11.9 Å². The molecule has 1 saturated heterocycles. The number of hydrogen-bond acceptors (Lipinski definition) is 7. The lowest BCUT2D eigenvalue weighted by molar-refractivity contribution is 0.137. The van der Waals surface area contributed by atoms with E-state index in [1.165, 1.54) is 24.0 Å². The van der Waals surface area contributed by atoms with Crippen LogP contribution < -0.4 is 5.32 Å². The largest absolute Gasteiger partial charge is 0.330 e. The van der Waals surface area contributed by atoms with Crippen LogP contribution in [0.4, 0.5) is 10.8 Å². The molecule has 0 unspecified atom stereocenters. The molecule has 1 aliphatic rings. The fraction of sp³-hybridized carbons (Fsp3) is 0.333. The highest BCUT2D eigenvalue weighted by molar-refractivity contribution is 7.13. The number of aromatic nitrogens is 3. The van der Waals surface area contributed by atoms with Gasteiger partial charge in [-0.15, -0.1) is 11.3 Å². The van der Waals surface area contributed by atoms with Crippen molar-refractivity contribution in [2.24, 2.45) is 0 Å². The van der Waals surface area contributed by atoms with Gasteiger partial charge in [0.15, 0.2) is 5.13 Å². The van der Waals surface area contributed by atoms with E-state index in [1.54, 1.807) is 23.6 Å². The maximum Gasteiger partial charge on any atom is 0.187 e. The molecule has 4 heterocycles. The number of thiazole rings is 1. The summed E-state index contributed by atoms with van der Waals surface area (Å²) in [7, 11) is 0. The average molecular weight is 391 g/mol. The lowest BCUT2D eigenvalue weighted by Crippen LogP contribution is -2.33. The second kappa shape index (κ2) is 8.46. The summed E-state index contributed by atoms with van der Waals surface area (Å²) < 4.78 is 0. The highest BCUT2D eigenvalue weighted by Gasteiger charge is 2.26. The highest BCUT2D eigenvalue weighted by Crippen LogP contribution is 2.34. The highest BCUT2D eigenvalue weighted by atomic mass is 32.1. The molecule has 1 fully saturated rings. The van der Waals surface area contributed by atoms with Gasteiger partial charge in [0.05, 0.1) is 23.6 Å². The van der Waals surface area contributed by atoms with Gasteiger partial charge >= 0.3 is 0 Å². The minimum atomic E-state index is 0.340. The number of nitriles is 1. The summed E-state index contributed by atoms with van der Waals surface area (Å²) in [5.74, 6) is 0. The summed E-state index contributed by atoms with van der Waals surface area (Å²) in [6, 6.07) is 8.05. The quantitative estimate of drug-likeness (QED) is 0.687. The van der Waals surface area contributed by atoms with Crippen LogP contribution in [0, 0.1) is 18.3 Å². The van der Waals surface area contributed by atoms with E-state index >= 15 is 0 Å². The van der Waals surface area contributed by atoms with Crippen LogP contribution in [-0.4, -0.2) is 26.4 Å². The Balaban J connectivity index is 1.49. The first-order chi connectivity index (χ1) is 13.7. The van der Waals surface area contributed by atoms with E-state index in [2.05, 4.69) is 38.6 Å². The van der Waals surface area contributed by atoms with Crippen molar-refractivity contribution in [3.63, 3.8) is 0 Å². The zero-order valence-corrected chi connectivity index (χ0v) is 16.6. The molecule has 0 amide bonds. The second-order valence-corrected chi connectivity index (χ2v) is 7.89. The van der Waals surface area contributed by atoms with E-state index in [9.17, 15) is 0 Å². The average Bonchev–Trinajstić information content (AvgIpc) is 3.19. The van der Waals surface area contributed by atoms with Crippen molar-refractivity contribution >= 4 is 22.2 Å². The molecule has 1 N–H and O–H groups in total. The van der Waals surface area contributed by atoms with Crippen LogP contribution in [0.25, 0.3) is 0 Å². The lowest BCUT2D eigenvalue weighted by Gasteiger charge is -2.35. The molecule has 0 saturated carbocycles. The first-order valence-electron chi connectivity index (χ1n) is 9.45. The van der Waals surface area contributed by atoms with Gasteiger partial charge in [0.25, 0.3) is 0 Å². The monoisotopic (exact) mass is 390 g/mol. The van der Waals surface area contributed by atoms with E-state index in [0.29, 0.717) is 11.7 Å². The van der Waals surface area contributed by atoms with Gasteiger partial charge in [0.1, 0.15) is 11.8 Å². The van der Waals surface area contributed by atoms with E-state index in [0.717, 1.165) is 36.0 Å². The SMILES string of the molecule is Cc1cnccc1CN1CCCC[C@@H]1c1csc(Nc2ccc(C#N)nc2)n1. The third kappa shape index (κ3) is 4.19. The van der Waals surface area contributed by atoms with Crippen LogP contribution in [0.1, 0.15) is 47.8 Å². The first-order valence-corrected chi connectivity index (χ1v) is 10.3. The zero-order chi connectivity index (χ0) is 19.3. The molecule has 0 radical (unpaired) electrons. The summed E-state index contributed by atoms with van der Waals surface area (Å²) >= 11 is 1.61. The fourth-order valence-electron chi connectivity index (χ4n) is 3.57. The Morgan fingerprint density at radius 1 is 1.29 bits per heavy atom. The van der Waals surface area contributed by atoms with Gasteiger partial charge in [0, 0.05) is 24.3 Å². The van der Waals surface area contributed by atoms with Crippen molar-refractivity contribution in [1.82, 2.24) is 19.9 Å². The predicted molar refractivity (Wildman–Crippen MR) is 110 cm³/mol. The summed E-state index contributed by atoms with van der Waals surface area (Å²) in [6.07, 6.45) is 9.07. The second-order valence-electron chi connectivity index (χ2n) is 7.03. The fourth-order valence-corrected chi connectivity index (χ4v) is 4.34. The zero-order valence-electron chi connectivity index (χ0n) is 15.8. The van der Waals surface area contributed by atoms with Gasteiger partial charge in [-0.3, -0.25) is 9.88 Å². The van der Waals surface area contributed by atoms with Gasteiger partial charge < -0.3 is 5.32 Å². The van der Waals surface area contributed by atoms with Crippen LogP contribution >= 0.6 is 11.3 Å². The van der Waals surface area contributed by atoms with Crippen molar-refractivity contribution in [3.8, 4) is 6.07 Å². The number of nitrogens with one attached hydrogen (secondary N) is 1. The summed E-state index contributed by atoms with van der Waals surface area (Å²) in [5, 5.41) is 15.2. The number of pyridine rings is 2. The molecule has 7 heteroatoms. The Morgan fingerprint density at radius 2 is 2.21 bits per heavy atom. The topological polar surface area (TPSA) is 77.7 Å². The van der Waals surface area contributed by atoms with Gasteiger partial charge in [0.2, 0.25) is 0 Å². The van der Waals surface area contributed by atoms with Crippen LogP contribution in [0.3, 0.4) is 0 Å². The van der Waals surface area contributed by atoms with Crippen LogP contribution in [0.5, 0.6) is 0 Å². The van der Waals surface area contributed by atoms with E-state index in [4.69, 9.17) is 10.2 Å². The van der Waals surface area contributed by atoms with Gasteiger partial charge in [-0.2, -0.15) is 5.26 Å². The Labute approximate surface area is 168 Å². The summed E-state index contributed by atoms with van der Waals surface area (Å²) in [4.78, 5) is 15.7. The van der Waals surface area contributed by atoms with Gasteiger partial charge in [-0.05, 0) is 55.6 Å². The smallest absolute Gasteiger partial charge is 0.187 e. The van der Waals surface area contributed by atoms with Crippen molar-refractivity contribution in [3.05, 3.63) is 64.7 Å². The number of hydrogen-bond donors (Lipinski definition) is 1. The normalized spacial score (nSPS) is 17.2. The van der Waals surface area contributed by atoms with Crippen LogP contribution in [0.15, 0.2) is 42.2 Å². The third-order valence-electron chi connectivity index (χ3n) is 5.12. The number of nitrogens with zero attached hydrogens (tertiary/aromatic N) is 5. The molecule has 28 heavy (non-hydrogen) atoms. The number of rotatable bonds is 5. The molecule has 4 rings (SSSR count). The summed E-state index contributed by atoms with van der Waals surface area (Å²) in [5.41, 5.74) is 4.95. The molecule has 1 aliphatic heterocycles. The van der Waals surface area contributed by atoms with E-state index in [-0.39, 0.29) is 0 Å². The number of aryl methyl sites for hydroxylation is 1. The van der Waals surface area contributed by atoms with Crippen molar-refractivity contribution in [2.45, 2.75) is 38.8 Å². The Bertz CT molecular complexity index is 975. The third-order valence-corrected chi connectivity index (χ3v) is 5.89. The molecule has 0 spiro atoms. The van der Waals surface area contributed by atoms with Gasteiger partial charge in [-0.1, -0.05) is 6.42 Å². The Kier molecular flexibility index (Phi) is 5.60. The first kappa shape index (κ1) is 18.5. The molecule has 3 aromatic rings. The standard InChI is InChI=1S/C21H22N6S/c1-15-11-23-8-7-16(15)13-27-9-3-2-4-20(27)19-14-28-21(26-19)25-18-6-5-17(10-22)24-12-18/h5-8,11-12,14,20H,2-4,9,13H2,1H3,(H,25,26)/t20-/m1/s1. The molecule has 1 atom stereocenters. The van der Waals surface area contributed by atoms with Gasteiger partial charge in [-0.25, -0.2) is 9.97 Å². The lowest BCUT2D eigenvalue weighted by atomic mass is 9.98. The van der Waals surface area contributed by atoms with Crippen LogP contribution in [0.2, 0.25) is 0 Å². The molecule has 142 valence electrons. The molecule has 0 bridgehead atoms. The molecular weight excluding hydrogens is 368 g/mol. The summed E-state index contributed by atoms with van der Waals surface area (Å²) in [6.45, 7) is 4.14. The van der Waals surface area contributed by atoms with Crippen molar-refractivity contribution in [1.29, 1.82) is 5.26 Å². The van der Waals surface area contributed by atoms with Crippen LogP contribution in [-0.2, 0) is 6.54 Å².